The van der Waals surface area contributed by atoms with Crippen LogP contribution in [-0.4, -0.2) is 47.4 Å². The van der Waals surface area contributed by atoms with E-state index in [1.54, 1.807) is 0 Å². The summed E-state index contributed by atoms with van der Waals surface area (Å²) in [5, 5.41) is 23.5. The number of carbonyl (C=O) groups is 2. The number of carbonyl (C=O) groups excluding carboxylic acids is 2. The third kappa shape index (κ3) is 67.3. The minimum absolute atomic E-state index is 0.00657. The molecule has 0 saturated heterocycles. The smallest absolute Gasteiger partial charge is 0.305 e. The highest BCUT2D eigenvalue weighted by Gasteiger charge is 2.20. The molecule has 0 aliphatic carbocycles. The van der Waals surface area contributed by atoms with Crippen molar-refractivity contribution in [2.24, 2.45) is 0 Å². The van der Waals surface area contributed by atoms with Crippen molar-refractivity contribution in [3.8, 4) is 0 Å². The van der Waals surface area contributed by atoms with E-state index in [0.29, 0.717) is 25.9 Å². The van der Waals surface area contributed by atoms with Gasteiger partial charge in [0.1, 0.15) is 0 Å². The summed E-state index contributed by atoms with van der Waals surface area (Å²) in [6, 6.07) is -0.545. The van der Waals surface area contributed by atoms with E-state index in [0.717, 1.165) is 44.9 Å². The first kappa shape index (κ1) is 79.3. The van der Waals surface area contributed by atoms with E-state index >= 15 is 0 Å². The highest BCUT2D eigenvalue weighted by atomic mass is 16.5. The average Bonchev–Trinajstić information content (AvgIpc) is 3.47. The topological polar surface area (TPSA) is 95.9 Å². The number of allylic oxidation sites excluding steroid dienone is 4. The molecule has 0 aliphatic heterocycles. The van der Waals surface area contributed by atoms with E-state index in [4.69, 9.17) is 4.74 Å². The van der Waals surface area contributed by atoms with Gasteiger partial charge in [0, 0.05) is 12.8 Å². The van der Waals surface area contributed by atoms with Gasteiger partial charge in [0.15, 0.2) is 0 Å². The van der Waals surface area contributed by atoms with E-state index in [2.05, 4.69) is 43.5 Å². The van der Waals surface area contributed by atoms with Crippen molar-refractivity contribution in [1.82, 2.24) is 5.32 Å². The van der Waals surface area contributed by atoms with Crippen molar-refractivity contribution in [3.63, 3.8) is 0 Å². The Morgan fingerprint density at radius 3 is 0.877 bits per heavy atom. The zero-order valence-corrected chi connectivity index (χ0v) is 55.0. The molecule has 480 valence electrons. The van der Waals surface area contributed by atoms with Crippen LogP contribution in [0.4, 0.5) is 0 Å². The van der Waals surface area contributed by atoms with Gasteiger partial charge in [-0.05, 0) is 77.0 Å². The average molecular weight is 1140 g/mol. The third-order valence-electron chi connectivity index (χ3n) is 17.5. The molecule has 1 amide bonds. The lowest BCUT2D eigenvalue weighted by Gasteiger charge is -2.22. The summed E-state index contributed by atoms with van der Waals surface area (Å²) in [7, 11) is 0. The van der Waals surface area contributed by atoms with Crippen LogP contribution >= 0.6 is 0 Å². The lowest BCUT2D eigenvalue weighted by molar-refractivity contribution is -0.143. The molecule has 6 heteroatoms. The van der Waals surface area contributed by atoms with Gasteiger partial charge in [-0.25, -0.2) is 0 Å². The summed E-state index contributed by atoms with van der Waals surface area (Å²) in [6.45, 7) is 4.99. The first-order valence-corrected chi connectivity index (χ1v) is 37.1. The van der Waals surface area contributed by atoms with Crippen molar-refractivity contribution < 1.29 is 24.5 Å². The number of nitrogens with one attached hydrogen (secondary N) is 1. The van der Waals surface area contributed by atoms with E-state index in [9.17, 15) is 19.8 Å². The summed E-state index contributed by atoms with van der Waals surface area (Å²) in [5.41, 5.74) is 0. The van der Waals surface area contributed by atoms with Crippen LogP contribution in [-0.2, 0) is 14.3 Å². The van der Waals surface area contributed by atoms with Crippen molar-refractivity contribution in [1.29, 1.82) is 0 Å². The number of rotatable bonds is 70. The van der Waals surface area contributed by atoms with Gasteiger partial charge in [0.2, 0.25) is 5.91 Å². The Balaban J connectivity index is 3.39. The normalized spacial score (nSPS) is 12.6. The Kier molecular flexibility index (Phi) is 69.4. The van der Waals surface area contributed by atoms with Crippen LogP contribution in [0.15, 0.2) is 24.3 Å². The fourth-order valence-corrected chi connectivity index (χ4v) is 11.8. The quantitative estimate of drug-likeness (QED) is 0.0320. The first-order valence-electron chi connectivity index (χ1n) is 37.1. The van der Waals surface area contributed by atoms with Crippen LogP contribution in [0.3, 0.4) is 0 Å². The van der Waals surface area contributed by atoms with Crippen LogP contribution in [0.2, 0.25) is 0 Å². The fraction of sp³-hybridized carbons (Fsp3) is 0.920. The minimum Gasteiger partial charge on any atom is -0.466 e. The molecule has 0 aromatic rings. The minimum atomic E-state index is -0.668. The monoisotopic (exact) mass is 1140 g/mol. The number of unbranched alkanes of at least 4 members (excludes halogenated alkanes) is 55. The van der Waals surface area contributed by atoms with Gasteiger partial charge in [0.05, 0.1) is 25.4 Å². The molecule has 0 saturated carbocycles. The van der Waals surface area contributed by atoms with Gasteiger partial charge in [0.25, 0.3) is 0 Å². The Morgan fingerprint density at radius 1 is 0.333 bits per heavy atom. The van der Waals surface area contributed by atoms with Crippen molar-refractivity contribution >= 4 is 11.9 Å². The Morgan fingerprint density at radius 2 is 0.580 bits per heavy atom. The molecule has 0 bridgehead atoms. The summed E-state index contributed by atoms with van der Waals surface area (Å²) >= 11 is 0. The molecule has 81 heavy (non-hydrogen) atoms. The zero-order chi connectivity index (χ0) is 58.5. The number of ether oxygens (including phenoxy) is 1. The van der Waals surface area contributed by atoms with Gasteiger partial charge in [-0.2, -0.15) is 0 Å². The van der Waals surface area contributed by atoms with Gasteiger partial charge >= 0.3 is 5.97 Å². The molecule has 6 nitrogen and oxygen atoms in total. The van der Waals surface area contributed by atoms with E-state index in [1.165, 1.54) is 340 Å². The highest BCUT2D eigenvalue weighted by Crippen LogP contribution is 2.19. The van der Waals surface area contributed by atoms with E-state index < -0.39 is 12.1 Å². The Bertz CT molecular complexity index is 1270. The Hall–Kier alpha value is -1.66. The summed E-state index contributed by atoms with van der Waals surface area (Å²) in [4.78, 5) is 24.6. The largest absolute Gasteiger partial charge is 0.466 e. The molecule has 0 spiro atoms. The predicted molar refractivity (Wildman–Crippen MR) is 356 cm³/mol. The second kappa shape index (κ2) is 70.8. The third-order valence-corrected chi connectivity index (χ3v) is 17.5. The fourth-order valence-electron chi connectivity index (χ4n) is 11.8. The van der Waals surface area contributed by atoms with Gasteiger partial charge in [-0.1, -0.05) is 353 Å². The van der Waals surface area contributed by atoms with Gasteiger partial charge in [-0.15, -0.1) is 0 Å². The van der Waals surface area contributed by atoms with Crippen LogP contribution < -0.4 is 5.32 Å². The maximum atomic E-state index is 12.6. The first-order chi connectivity index (χ1) is 40.0. The number of hydrogen-bond donors (Lipinski definition) is 3. The van der Waals surface area contributed by atoms with Crippen LogP contribution in [0, 0.1) is 0 Å². The van der Waals surface area contributed by atoms with E-state index in [1.807, 2.05) is 0 Å². The molecule has 0 radical (unpaired) electrons. The summed E-state index contributed by atoms with van der Waals surface area (Å²) in [5.74, 6) is -0.0265. The number of aliphatic hydroxyl groups excluding tert-OH is 2. The molecule has 0 aromatic heterocycles. The van der Waals surface area contributed by atoms with Crippen molar-refractivity contribution in [2.45, 2.75) is 431 Å². The zero-order valence-electron chi connectivity index (χ0n) is 55.0. The SMILES string of the molecule is CCCCCCCC/C=C\CCCCCCCC(=O)OCCCCCCCCCCCCCC/C=C\CCCCCCCCCCCC(=O)NC(CO)C(O)CCCCCCCCCCCCCCCCCCCCCCCCCC. The van der Waals surface area contributed by atoms with Crippen molar-refractivity contribution in [2.75, 3.05) is 13.2 Å². The van der Waals surface area contributed by atoms with Crippen LogP contribution in [0.25, 0.3) is 0 Å². The number of hydrogen-bond acceptors (Lipinski definition) is 5. The second-order valence-corrected chi connectivity index (χ2v) is 25.6. The summed E-state index contributed by atoms with van der Waals surface area (Å²) in [6.07, 6.45) is 89.5. The summed E-state index contributed by atoms with van der Waals surface area (Å²) < 4.78 is 5.49. The van der Waals surface area contributed by atoms with Crippen LogP contribution in [0.5, 0.6) is 0 Å². The van der Waals surface area contributed by atoms with E-state index in [-0.39, 0.29) is 18.5 Å². The molecular formula is C75H145NO5. The molecule has 0 aliphatic rings. The van der Waals surface area contributed by atoms with Gasteiger partial charge in [-0.3, -0.25) is 9.59 Å². The standard InChI is InChI=1S/C75H145NO5/c1-3-5-7-9-11-13-15-17-19-20-21-22-23-27-30-33-36-40-43-47-51-55-59-63-67-73(78)72(71-77)76-74(79)68-64-60-56-52-48-44-41-37-34-31-28-25-24-26-29-32-35-38-42-46-50-54-58-62-66-70-81-75(80)69-65-61-57-53-49-45-39-18-16-14-12-10-8-6-4-2/h18,25,28,39,72-73,77-78H,3-17,19-24,26-27,29-38,40-71H2,1-2H3,(H,76,79)/b28-25-,39-18-. The molecule has 3 N–H and O–H groups in total. The van der Waals surface area contributed by atoms with Crippen LogP contribution in [0.1, 0.15) is 418 Å². The highest BCUT2D eigenvalue weighted by molar-refractivity contribution is 5.76. The molecule has 0 rings (SSSR count). The molecule has 2 unspecified atom stereocenters. The second-order valence-electron chi connectivity index (χ2n) is 25.6. The maximum Gasteiger partial charge on any atom is 0.305 e. The van der Waals surface area contributed by atoms with Crippen molar-refractivity contribution in [3.05, 3.63) is 24.3 Å². The Labute approximate surface area is 507 Å². The maximum absolute atomic E-state index is 12.6. The predicted octanol–water partition coefficient (Wildman–Crippen LogP) is 24.1. The molecule has 0 heterocycles. The van der Waals surface area contributed by atoms with Gasteiger partial charge < -0.3 is 20.3 Å². The molecule has 0 aromatic carbocycles. The molecular weight excluding hydrogens is 995 g/mol. The lowest BCUT2D eigenvalue weighted by Crippen LogP contribution is -2.45. The number of amides is 1. The molecule has 2 atom stereocenters. The lowest BCUT2D eigenvalue weighted by atomic mass is 10.0. The molecule has 0 fully saturated rings. The number of esters is 1. The number of aliphatic hydroxyl groups is 2.